The average Bonchev–Trinajstić information content (AvgIpc) is 2.84. The molecule has 0 saturated heterocycles. The molecule has 1 aliphatic carbocycles. The van der Waals surface area contributed by atoms with Gasteiger partial charge in [-0.15, -0.1) is 0 Å². The Morgan fingerprint density at radius 2 is 1.55 bits per heavy atom. The molecule has 108 valence electrons. The van der Waals surface area contributed by atoms with Crippen molar-refractivity contribution in [1.29, 1.82) is 0 Å². The van der Waals surface area contributed by atoms with Crippen LogP contribution < -0.4 is 0 Å². The Kier molecular flexibility index (Phi) is 2.94. The molecule has 0 aromatic heterocycles. The van der Waals surface area contributed by atoms with E-state index in [1.165, 1.54) is 0 Å². The topological polar surface area (TPSA) is 46.5 Å². The summed E-state index contributed by atoms with van der Waals surface area (Å²) in [6, 6.07) is 20.4. The van der Waals surface area contributed by atoms with Crippen molar-refractivity contribution in [1.82, 2.24) is 0 Å². The minimum Gasteiger partial charge on any atom is -0.451 e. The molecular formula is C19H14O3. The van der Waals surface area contributed by atoms with Crippen molar-refractivity contribution in [3.63, 3.8) is 0 Å². The van der Waals surface area contributed by atoms with Crippen LogP contribution in [0.5, 0.6) is 0 Å². The molecule has 0 heterocycles. The first-order valence-electron chi connectivity index (χ1n) is 7.21. The summed E-state index contributed by atoms with van der Waals surface area (Å²) in [5, 5.41) is 12.6. The molecule has 1 aliphatic rings. The Labute approximate surface area is 127 Å². The zero-order valence-electron chi connectivity index (χ0n) is 11.8. The van der Waals surface area contributed by atoms with Crippen LogP contribution in [0.25, 0.3) is 10.8 Å². The number of benzene rings is 3. The van der Waals surface area contributed by atoms with Crippen molar-refractivity contribution in [2.45, 2.75) is 12.2 Å². The molecule has 0 unspecified atom stereocenters. The van der Waals surface area contributed by atoms with Crippen LogP contribution in [0.3, 0.4) is 0 Å². The third-order valence-corrected chi connectivity index (χ3v) is 4.12. The molecule has 0 radical (unpaired) electrons. The van der Waals surface area contributed by atoms with Gasteiger partial charge in [-0.1, -0.05) is 54.6 Å². The van der Waals surface area contributed by atoms with E-state index in [2.05, 4.69) is 0 Å². The van der Waals surface area contributed by atoms with Crippen molar-refractivity contribution in [3.8, 4) is 0 Å². The summed E-state index contributed by atoms with van der Waals surface area (Å²) in [5.74, 6) is -0.422. The van der Waals surface area contributed by atoms with Gasteiger partial charge in [-0.3, -0.25) is 0 Å². The van der Waals surface area contributed by atoms with E-state index in [1.54, 1.807) is 24.3 Å². The Morgan fingerprint density at radius 3 is 2.27 bits per heavy atom. The predicted molar refractivity (Wildman–Crippen MR) is 83.5 cm³/mol. The van der Waals surface area contributed by atoms with Gasteiger partial charge in [0.1, 0.15) is 6.10 Å². The highest BCUT2D eigenvalue weighted by atomic mass is 16.6. The summed E-state index contributed by atoms with van der Waals surface area (Å²) in [6.07, 6.45) is -1.48. The minimum atomic E-state index is -0.825. The van der Waals surface area contributed by atoms with Crippen molar-refractivity contribution >= 4 is 16.7 Å². The summed E-state index contributed by atoms with van der Waals surface area (Å²) in [6.45, 7) is 0. The molecule has 0 fully saturated rings. The molecule has 3 nitrogen and oxygen atoms in total. The minimum absolute atomic E-state index is 0.422. The first-order chi connectivity index (χ1) is 10.8. The summed E-state index contributed by atoms with van der Waals surface area (Å²) < 4.78 is 5.59. The zero-order valence-corrected chi connectivity index (χ0v) is 11.8. The van der Waals surface area contributed by atoms with Crippen LogP contribution in [-0.2, 0) is 4.74 Å². The van der Waals surface area contributed by atoms with E-state index in [9.17, 15) is 9.90 Å². The fourth-order valence-corrected chi connectivity index (χ4v) is 3.10. The molecule has 1 N–H and O–H groups in total. The molecule has 3 heteroatoms. The quantitative estimate of drug-likeness (QED) is 0.730. The number of carbonyl (C=O) groups excluding carboxylic acids is 1. The predicted octanol–water partition coefficient (Wildman–Crippen LogP) is 3.78. The van der Waals surface area contributed by atoms with Gasteiger partial charge in [0.05, 0.1) is 5.56 Å². The fourth-order valence-electron chi connectivity index (χ4n) is 3.10. The summed E-state index contributed by atoms with van der Waals surface area (Å²) in [5.41, 5.74) is 2.17. The number of hydrogen-bond donors (Lipinski definition) is 1. The zero-order chi connectivity index (χ0) is 15.1. The van der Waals surface area contributed by atoms with Gasteiger partial charge in [-0.05, 0) is 28.5 Å². The maximum absolute atomic E-state index is 12.3. The van der Waals surface area contributed by atoms with Crippen molar-refractivity contribution in [2.24, 2.45) is 0 Å². The molecule has 22 heavy (non-hydrogen) atoms. The van der Waals surface area contributed by atoms with E-state index in [0.717, 1.165) is 21.9 Å². The SMILES string of the molecule is O=C(O[C@H]1c2cccc3cccc(c23)[C@H]1O)c1ccccc1. The lowest BCUT2D eigenvalue weighted by atomic mass is 10.1. The van der Waals surface area contributed by atoms with Gasteiger partial charge in [-0.25, -0.2) is 4.79 Å². The van der Waals surface area contributed by atoms with Crippen LogP contribution in [0.1, 0.15) is 33.7 Å². The number of esters is 1. The van der Waals surface area contributed by atoms with Gasteiger partial charge in [0.2, 0.25) is 0 Å². The number of hydrogen-bond acceptors (Lipinski definition) is 3. The Bertz CT molecular complexity index is 850. The van der Waals surface area contributed by atoms with E-state index >= 15 is 0 Å². The summed E-state index contributed by atoms with van der Waals surface area (Å²) in [7, 11) is 0. The molecule has 3 aromatic rings. The van der Waals surface area contributed by atoms with E-state index in [-0.39, 0.29) is 0 Å². The maximum atomic E-state index is 12.3. The smallest absolute Gasteiger partial charge is 0.338 e. The van der Waals surface area contributed by atoms with Crippen LogP contribution in [-0.4, -0.2) is 11.1 Å². The van der Waals surface area contributed by atoms with Gasteiger partial charge in [0.15, 0.2) is 6.10 Å². The Morgan fingerprint density at radius 1 is 0.864 bits per heavy atom. The second-order valence-electron chi connectivity index (χ2n) is 5.43. The summed E-state index contributed by atoms with van der Waals surface area (Å²) in [4.78, 5) is 12.3. The lowest BCUT2D eigenvalue weighted by Crippen LogP contribution is -2.14. The van der Waals surface area contributed by atoms with Gasteiger partial charge in [0.25, 0.3) is 0 Å². The molecule has 4 rings (SSSR count). The Hall–Kier alpha value is -2.65. The fraction of sp³-hybridized carbons (Fsp3) is 0.105. The number of ether oxygens (including phenoxy) is 1. The second-order valence-corrected chi connectivity index (χ2v) is 5.43. The van der Waals surface area contributed by atoms with Crippen molar-refractivity contribution in [2.75, 3.05) is 0 Å². The van der Waals surface area contributed by atoms with E-state index < -0.39 is 18.2 Å². The van der Waals surface area contributed by atoms with Gasteiger partial charge >= 0.3 is 5.97 Å². The molecule has 0 amide bonds. The van der Waals surface area contributed by atoms with Crippen LogP contribution in [0, 0.1) is 0 Å². The molecular weight excluding hydrogens is 276 g/mol. The third kappa shape index (κ3) is 1.90. The van der Waals surface area contributed by atoms with Crippen molar-refractivity contribution in [3.05, 3.63) is 83.4 Å². The molecule has 0 bridgehead atoms. The number of aliphatic hydroxyl groups excluding tert-OH is 1. The highest BCUT2D eigenvalue weighted by molar-refractivity contribution is 5.93. The average molecular weight is 290 g/mol. The van der Waals surface area contributed by atoms with Gasteiger partial charge < -0.3 is 9.84 Å². The number of carbonyl (C=O) groups is 1. The monoisotopic (exact) mass is 290 g/mol. The number of aliphatic hydroxyl groups is 1. The van der Waals surface area contributed by atoms with Crippen LogP contribution >= 0.6 is 0 Å². The van der Waals surface area contributed by atoms with Gasteiger partial charge in [-0.2, -0.15) is 0 Å². The largest absolute Gasteiger partial charge is 0.451 e. The van der Waals surface area contributed by atoms with Gasteiger partial charge in [0, 0.05) is 5.56 Å². The molecule has 3 aromatic carbocycles. The highest BCUT2D eigenvalue weighted by Gasteiger charge is 2.35. The van der Waals surface area contributed by atoms with E-state index in [0.29, 0.717) is 5.56 Å². The third-order valence-electron chi connectivity index (χ3n) is 4.12. The van der Waals surface area contributed by atoms with E-state index in [1.807, 2.05) is 42.5 Å². The van der Waals surface area contributed by atoms with Crippen LogP contribution in [0.2, 0.25) is 0 Å². The molecule has 0 spiro atoms. The molecule has 0 saturated carbocycles. The highest BCUT2D eigenvalue weighted by Crippen LogP contribution is 2.46. The first-order valence-corrected chi connectivity index (χ1v) is 7.21. The van der Waals surface area contributed by atoms with E-state index in [4.69, 9.17) is 4.74 Å². The number of rotatable bonds is 2. The van der Waals surface area contributed by atoms with Crippen LogP contribution in [0.15, 0.2) is 66.7 Å². The maximum Gasteiger partial charge on any atom is 0.338 e. The summed E-state index contributed by atoms with van der Waals surface area (Å²) >= 11 is 0. The standard InChI is InChI=1S/C19H14O3/c20-17-14-10-4-8-12-9-5-11-15(16(12)14)18(17)22-19(21)13-6-2-1-3-7-13/h1-11,17-18,20H/t17-,18+/m1/s1. The first kappa shape index (κ1) is 13.0. The normalized spacial score (nSPS) is 19.3. The molecule has 0 aliphatic heterocycles. The van der Waals surface area contributed by atoms with Crippen LogP contribution in [0.4, 0.5) is 0 Å². The lowest BCUT2D eigenvalue weighted by molar-refractivity contribution is -0.0161. The lowest BCUT2D eigenvalue weighted by Gasteiger charge is -2.17. The molecule has 2 atom stereocenters. The second kappa shape index (κ2) is 4.97. The van der Waals surface area contributed by atoms with Crippen molar-refractivity contribution < 1.29 is 14.6 Å². The Balaban J connectivity index is 1.73.